The Morgan fingerprint density at radius 2 is 1.92 bits per heavy atom. The van der Waals surface area contributed by atoms with Crippen LogP contribution in [0.25, 0.3) is 0 Å². The zero-order valence-electron chi connectivity index (χ0n) is 14.0. The summed E-state index contributed by atoms with van der Waals surface area (Å²) in [6.07, 6.45) is 2.44. The van der Waals surface area contributed by atoms with Gasteiger partial charge in [-0.2, -0.15) is 0 Å². The fraction of sp³-hybridized carbons (Fsp3) is 0.368. The first-order valence-electron chi connectivity index (χ1n) is 8.48. The molecule has 0 N–H and O–H groups in total. The van der Waals surface area contributed by atoms with Crippen molar-refractivity contribution < 1.29 is 14.4 Å². The second-order valence-corrected chi connectivity index (χ2v) is 7.40. The molecular formula is C19H19NO4S. The van der Waals surface area contributed by atoms with Crippen LogP contribution in [0.4, 0.5) is 5.69 Å². The zero-order chi connectivity index (χ0) is 17.4. The standard InChI is InChI=1S/C19H19NO4S/c1-2-13-3-5-15(6-4-13)25-18-12-16-14(11-17(18)20(21)22)7-8-19(16)23-9-10-24-19/h3-6,11-12H,2,7-10H2,1H3. The Labute approximate surface area is 150 Å². The lowest BCUT2D eigenvalue weighted by Crippen LogP contribution is -2.23. The van der Waals surface area contributed by atoms with E-state index in [1.165, 1.54) is 17.3 Å². The Balaban J connectivity index is 1.73. The maximum atomic E-state index is 11.6. The van der Waals surface area contributed by atoms with Crippen LogP contribution < -0.4 is 0 Å². The van der Waals surface area contributed by atoms with E-state index in [1.807, 2.05) is 18.2 Å². The zero-order valence-corrected chi connectivity index (χ0v) is 14.8. The summed E-state index contributed by atoms with van der Waals surface area (Å²) in [6, 6.07) is 11.7. The first-order valence-corrected chi connectivity index (χ1v) is 9.29. The number of nitro benzene ring substituents is 1. The number of benzene rings is 2. The molecule has 0 saturated carbocycles. The molecule has 2 aromatic rings. The van der Waals surface area contributed by atoms with Crippen molar-refractivity contribution in [2.75, 3.05) is 13.2 Å². The van der Waals surface area contributed by atoms with Gasteiger partial charge in [-0.15, -0.1) is 0 Å². The highest BCUT2D eigenvalue weighted by Gasteiger charge is 2.45. The topological polar surface area (TPSA) is 61.6 Å². The Hall–Kier alpha value is -1.89. The summed E-state index contributed by atoms with van der Waals surface area (Å²) in [5.74, 6) is -0.703. The van der Waals surface area contributed by atoms with E-state index in [-0.39, 0.29) is 10.6 Å². The minimum Gasteiger partial charge on any atom is -0.343 e. The molecule has 1 spiro atoms. The smallest absolute Gasteiger partial charge is 0.283 e. The first-order chi connectivity index (χ1) is 12.1. The molecule has 4 rings (SSSR count). The van der Waals surface area contributed by atoms with Crippen molar-refractivity contribution >= 4 is 17.4 Å². The van der Waals surface area contributed by atoms with E-state index >= 15 is 0 Å². The van der Waals surface area contributed by atoms with Gasteiger partial charge in [-0.25, -0.2) is 0 Å². The minimum atomic E-state index is -0.703. The molecule has 2 aliphatic rings. The fourth-order valence-electron chi connectivity index (χ4n) is 3.51. The van der Waals surface area contributed by atoms with Gasteiger partial charge in [0.25, 0.3) is 5.69 Å². The number of nitrogens with zero attached hydrogens (tertiary/aromatic N) is 1. The van der Waals surface area contributed by atoms with E-state index in [4.69, 9.17) is 9.47 Å². The number of fused-ring (bicyclic) bond motifs is 2. The number of nitro groups is 1. The highest BCUT2D eigenvalue weighted by atomic mass is 32.2. The van der Waals surface area contributed by atoms with Gasteiger partial charge in [0, 0.05) is 22.9 Å². The Morgan fingerprint density at radius 3 is 2.56 bits per heavy atom. The molecule has 1 saturated heterocycles. The number of hydrogen-bond donors (Lipinski definition) is 0. The third kappa shape index (κ3) is 2.94. The second kappa shape index (κ2) is 6.44. The molecule has 0 atom stereocenters. The molecule has 1 heterocycles. The molecule has 0 radical (unpaired) electrons. The number of ether oxygens (including phenoxy) is 2. The summed E-state index contributed by atoms with van der Waals surface area (Å²) < 4.78 is 11.7. The van der Waals surface area contributed by atoms with E-state index in [2.05, 4.69) is 19.1 Å². The maximum absolute atomic E-state index is 11.6. The quantitative estimate of drug-likeness (QED) is 0.597. The molecule has 5 nitrogen and oxygen atoms in total. The lowest BCUT2D eigenvalue weighted by atomic mass is 10.1. The summed E-state index contributed by atoms with van der Waals surface area (Å²) in [6.45, 7) is 3.24. The normalized spacial score (nSPS) is 17.8. The van der Waals surface area contributed by atoms with E-state index < -0.39 is 5.79 Å². The Bertz CT molecular complexity index is 813. The summed E-state index contributed by atoms with van der Waals surface area (Å²) >= 11 is 1.42. The first kappa shape index (κ1) is 16.6. The molecule has 2 aromatic carbocycles. The molecule has 1 fully saturated rings. The van der Waals surface area contributed by atoms with Crippen LogP contribution in [0.1, 0.15) is 30.0 Å². The average molecular weight is 357 g/mol. The molecule has 6 heteroatoms. The molecule has 0 aromatic heterocycles. The SMILES string of the molecule is CCc1ccc(Sc2cc3c(cc2[N+](=O)[O-])CCC32OCCO2)cc1. The minimum absolute atomic E-state index is 0.151. The average Bonchev–Trinajstić information content (AvgIpc) is 3.23. The molecule has 0 bridgehead atoms. The van der Waals surface area contributed by atoms with Crippen molar-refractivity contribution in [1.82, 2.24) is 0 Å². The molecular weight excluding hydrogens is 338 g/mol. The van der Waals surface area contributed by atoms with Crippen molar-refractivity contribution in [3.63, 3.8) is 0 Å². The predicted octanol–water partition coefficient (Wildman–Crippen LogP) is 4.45. The van der Waals surface area contributed by atoms with Gasteiger partial charge in [0.1, 0.15) is 0 Å². The number of aryl methyl sites for hydroxylation is 2. The van der Waals surface area contributed by atoms with Crippen LogP contribution in [0.2, 0.25) is 0 Å². The third-order valence-corrected chi connectivity index (χ3v) is 5.88. The van der Waals surface area contributed by atoms with E-state index in [9.17, 15) is 10.1 Å². The Kier molecular flexibility index (Phi) is 4.27. The summed E-state index contributed by atoms with van der Waals surface area (Å²) in [5, 5.41) is 11.6. The van der Waals surface area contributed by atoms with Gasteiger partial charge in [0.2, 0.25) is 0 Å². The van der Waals surface area contributed by atoms with Crippen LogP contribution in [0.5, 0.6) is 0 Å². The second-order valence-electron chi connectivity index (χ2n) is 6.28. The molecule has 25 heavy (non-hydrogen) atoms. The number of hydrogen-bond acceptors (Lipinski definition) is 5. The van der Waals surface area contributed by atoms with Gasteiger partial charge in [0.15, 0.2) is 5.79 Å². The van der Waals surface area contributed by atoms with Gasteiger partial charge in [-0.3, -0.25) is 10.1 Å². The van der Waals surface area contributed by atoms with Crippen LogP contribution in [0.15, 0.2) is 46.2 Å². The molecule has 0 amide bonds. The van der Waals surface area contributed by atoms with Crippen molar-refractivity contribution in [1.29, 1.82) is 0 Å². The van der Waals surface area contributed by atoms with Crippen molar-refractivity contribution in [2.24, 2.45) is 0 Å². The van der Waals surface area contributed by atoms with E-state index in [1.54, 1.807) is 6.07 Å². The van der Waals surface area contributed by atoms with Crippen molar-refractivity contribution in [3.05, 3.63) is 63.2 Å². The van der Waals surface area contributed by atoms with Crippen molar-refractivity contribution in [2.45, 2.75) is 41.8 Å². The van der Waals surface area contributed by atoms with Crippen LogP contribution >= 0.6 is 11.8 Å². The van der Waals surface area contributed by atoms with Crippen molar-refractivity contribution in [3.8, 4) is 0 Å². The lowest BCUT2D eigenvalue weighted by Gasteiger charge is -2.23. The summed E-state index contributed by atoms with van der Waals surface area (Å²) in [4.78, 5) is 12.9. The van der Waals surface area contributed by atoms with Gasteiger partial charge in [0.05, 0.1) is 23.0 Å². The monoisotopic (exact) mass is 357 g/mol. The molecule has 1 aliphatic carbocycles. The van der Waals surface area contributed by atoms with Gasteiger partial charge in [-0.05, 0) is 42.2 Å². The highest BCUT2D eigenvalue weighted by molar-refractivity contribution is 7.99. The lowest BCUT2D eigenvalue weighted by molar-refractivity contribution is -0.387. The summed E-state index contributed by atoms with van der Waals surface area (Å²) in [7, 11) is 0. The molecule has 1 aliphatic heterocycles. The van der Waals surface area contributed by atoms with Gasteiger partial charge >= 0.3 is 0 Å². The van der Waals surface area contributed by atoms with Gasteiger partial charge in [-0.1, -0.05) is 30.8 Å². The molecule has 130 valence electrons. The van der Waals surface area contributed by atoms with Crippen LogP contribution in [0.3, 0.4) is 0 Å². The fourth-order valence-corrected chi connectivity index (χ4v) is 4.45. The maximum Gasteiger partial charge on any atom is 0.283 e. The van der Waals surface area contributed by atoms with E-state index in [0.29, 0.717) is 18.1 Å². The predicted molar refractivity (Wildman–Crippen MR) is 94.9 cm³/mol. The van der Waals surface area contributed by atoms with Crippen LogP contribution in [-0.4, -0.2) is 18.1 Å². The van der Waals surface area contributed by atoms with Gasteiger partial charge < -0.3 is 9.47 Å². The summed E-state index contributed by atoms with van der Waals surface area (Å²) in [5.41, 5.74) is 3.31. The van der Waals surface area contributed by atoms with Crippen LogP contribution in [-0.2, 0) is 28.1 Å². The largest absolute Gasteiger partial charge is 0.343 e. The Morgan fingerprint density at radius 1 is 1.20 bits per heavy atom. The molecule has 0 unspecified atom stereocenters. The van der Waals surface area contributed by atoms with Crippen LogP contribution in [0, 0.1) is 10.1 Å². The van der Waals surface area contributed by atoms with E-state index in [0.717, 1.165) is 35.3 Å². The number of rotatable bonds is 4. The third-order valence-electron chi connectivity index (χ3n) is 4.83. The highest BCUT2D eigenvalue weighted by Crippen LogP contribution is 2.47.